The SMILES string of the molecule is COc1cc2c(Oc3ccc(NC(=S)NC(=O)Cc4ccc(F)cc4)cc3F)ccnc2cc1OCCCN1CCC(CO)CC1. The fourth-order valence-corrected chi connectivity index (χ4v) is 5.48. The fraction of sp³-hybridized carbons (Fsp3) is 0.324. The topological polar surface area (TPSA) is 105 Å². The van der Waals surface area contributed by atoms with E-state index in [1.807, 2.05) is 0 Å². The molecule has 4 aromatic rings. The largest absolute Gasteiger partial charge is 0.493 e. The number of pyridine rings is 1. The van der Waals surface area contributed by atoms with Crippen LogP contribution in [0.1, 0.15) is 24.8 Å². The average Bonchev–Trinajstić information content (AvgIpc) is 3.05. The van der Waals surface area contributed by atoms with E-state index in [2.05, 4.69) is 20.5 Å². The molecule has 1 aliphatic rings. The van der Waals surface area contributed by atoms with Crippen LogP contribution in [-0.2, 0) is 11.2 Å². The van der Waals surface area contributed by atoms with Gasteiger partial charge < -0.3 is 34.9 Å². The third-order valence-corrected chi connectivity index (χ3v) is 7.97. The Bertz CT molecular complexity index is 1670. The van der Waals surface area contributed by atoms with E-state index in [-0.39, 0.29) is 29.7 Å². The van der Waals surface area contributed by atoms with E-state index in [0.717, 1.165) is 38.9 Å². The molecule has 1 aromatic heterocycles. The van der Waals surface area contributed by atoms with E-state index in [1.54, 1.807) is 37.6 Å². The van der Waals surface area contributed by atoms with Gasteiger partial charge in [0.1, 0.15) is 11.6 Å². The summed E-state index contributed by atoms with van der Waals surface area (Å²) >= 11 is 5.19. The Balaban J connectivity index is 1.18. The number of halogens is 2. The number of benzene rings is 3. The summed E-state index contributed by atoms with van der Waals surface area (Å²) in [4.78, 5) is 19.1. The number of carbonyl (C=O) groups is 1. The first-order valence-corrected chi connectivity index (χ1v) is 15.5. The second-order valence-electron chi connectivity index (χ2n) is 11.1. The van der Waals surface area contributed by atoms with Crippen LogP contribution in [0.3, 0.4) is 0 Å². The molecule has 3 aromatic carbocycles. The van der Waals surface area contributed by atoms with Crippen LogP contribution < -0.4 is 24.8 Å². The zero-order valence-electron chi connectivity index (χ0n) is 25.4. The molecule has 0 saturated carbocycles. The molecule has 242 valence electrons. The van der Waals surface area contributed by atoms with Crippen LogP contribution in [0.2, 0.25) is 0 Å². The Kier molecular flexibility index (Phi) is 11.3. The molecular formula is C34H36F2N4O5S. The summed E-state index contributed by atoms with van der Waals surface area (Å²) in [5.74, 6) is 0.396. The maximum Gasteiger partial charge on any atom is 0.230 e. The zero-order chi connectivity index (χ0) is 32.5. The van der Waals surface area contributed by atoms with Gasteiger partial charge in [-0.2, -0.15) is 0 Å². The van der Waals surface area contributed by atoms with Crippen molar-refractivity contribution in [3.63, 3.8) is 0 Å². The number of aromatic nitrogens is 1. The summed E-state index contributed by atoms with van der Waals surface area (Å²) in [6, 6.07) is 15.0. The van der Waals surface area contributed by atoms with Gasteiger partial charge in [0.15, 0.2) is 28.2 Å². The zero-order valence-corrected chi connectivity index (χ0v) is 26.2. The molecule has 2 heterocycles. The molecule has 12 heteroatoms. The van der Waals surface area contributed by atoms with Crippen molar-refractivity contribution in [1.82, 2.24) is 15.2 Å². The Morgan fingerprint density at radius 3 is 2.52 bits per heavy atom. The number of rotatable bonds is 12. The highest BCUT2D eigenvalue weighted by Crippen LogP contribution is 2.38. The van der Waals surface area contributed by atoms with E-state index in [4.69, 9.17) is 26.4 Å². The molecule has 9 nitrogen and oxygen atoms in total. The van der Waals surface area contributed by atoms with Crippen LogP contribution in [0.4, 0.5) is 14.5 Å². The normalized spacial score (nSPS) is 13.7. The van der Waals surface area contributed by atoms with Crippen molar-refractivity contribution in [2.45, 2.75) is 25.7 Å². The Hall–Kier alpha value is -4.39. The quantitative estimate of drug-likeness (QED) is 0.129. The van der Waals surface area contributed by atoms with Crippen molar-refractivity contribution in [2.24, 2.45) is 5.92 Å². The molecule has 1 aliphatic heterocycles. The molecular weight excluding hydrogens is 614 g/mol. The summed E-state index contributed by atoms with van der Waals surface area (Å²) in [5, 5.41) is 15.3. The number of fused-ring (bicyclic) bond motifs is 1. The molecule has 1 fully saturated rings. The monoisotopic (exact) mass is 650 g/mol. The predicted molar refractivity (Wildman–Crippen MR) is 176 cm³/mol. The van der Waals surface area contributed by atoms with Gasteiger partial charge in [0.25, 0.3) is 0 Å². The van der Waals surface area contributed by atoms with Crippen molar-refractivity contribution >= 4 is 39.8 Å². The number of hydrogen-bond acceptors (Lipinski definition) is 8. The van der Waals surface area contributed by atoms with Gasteiger partial charge >= 0.3 is 0 Å². The molecule has 0 spiro atoms. The summed E-state index contributed by atoms with van der Waals surface area (Å²) in [7, 11) is 1.55. The molecule has 0 unspecified atom stereocenters. The smallest absolute Gasteiger partial charge is 0.230 e. The number of piperidine rings is 1. The van der Waals surface area contributed by atoms with Crippen LogP contribution in [0, 0.1) is 17.6 Å². The first-order valence-electron chi connectivity index (χ1n) is 15.1. The minimum atomic E-state index is -0.650. The Morgan fingerprint density at radius 1 is 1.02 bits per heavy atom. The maximum atomic E-state index is 15.1. The van der Waals surface area contributed by atoms with E-state index >= 15 is 4.39 Å². The lowest BCUT2D eigenvalue weighted by molar-refractivity contribution is -0.119. The lowest BCUT2D eigenvalue weighted by Gasteiger charge is -2.30. The van der Waals surface area contributed by atoms with Crippen molar-refractivity contribution < 1.29 is 32.9 Å². The molecule has 0 aliphatic carbocycles. The Morgan fingerprint density at radius 2 is 1.80 bits per heavy atom. The molecule has 0 radical (unpaired) electrons. The van der Waals surface area contributed by atoms with Crippen LogP contribution >= 0.6 is 12.2 Å². The number of ether oxygens (including phenoxy) is 3. The number of nitrogens with one attached hydrogen (secondary N) is 2. The number of aliphatic hydroxyl groups excluding tert-OH is 1. The number of aliphatic hydroxyl groups is 1. The third kappa shape index (κ3) is 8.87. The number of anilines is 1. The van der Waals surface area contributed by atoms with Crippen LogP contribution in [-0.4, -0.2) is 66.0 Å². The number of hydrogen-bond donors (Lipinski definition) is 3. The van der Waals surface area contributed by atoms with E-state index in [0.29, 0.717) is 51.9 Å². The molecule has 0 bridgehead atoms. The van der Waals surface area contributed by atoms with Gasteiger partial charge in [0, 0.05) is 42.6 Å². The fourth-order valence-electron chi connectivity index (χ4n) is 5.25. The highest BCUT2D eigenvalue weighted by atomic mass is 32.1. The molecule has 5 rings (SSSR count). The molecule has 0 atom stereocenters. The lowest BCUT2D eigenvalue weighted by Crippen LogP contribution is -2.35. The summed E-state index contributed by atoms with van der Waals surface area (Å²) < 4.78 is 45.8. The van der Waals surface area contributed by atoms with E-state index in [9.17, 15) is 14.3 Å². The van der Waals surface area contributed by atoms with Gasteiger partial charge in [0.2, 0.25) is 5.91 Å². The van der Waals surface area contributed by atoms with Gasteiger partial charge in [-0.25, -0.2) is 8.78 Å². The van der Waals surface area contributed by atoms with Gasteiger partial charge in [-0.3, -0.25) is 9.78 Å². The summed E-state index contributed by atoms with van der Waals surface area (Å²) in [5.41, 5.74) is 1.54. The van der Waals surface area contributed by atoms with Crippen LogP contribution in [0.25, 0.3) is 10.9 Å². The van der Waals surface area contributed by atoms with Crippen molar-refractivity contribution in [2.75, 3.05) is 45.3 Å². The maximum absolute atomic E-state index is 15.1. The number of amides is 1. The van der Waals surface area contributed by atoms with Gasteiger partial charge in [-0.15, -0.1) is 0 Å². The standard InChI is InChI=1S/C34H36F2N4O5S/c1-43-31-19-26-28(20-32(31)44-16-2-13-40-14-10-23(21-41)11-15-40)37-12-9-29(26)45-30-8-7-25(18-27(30)36)38-34(46)39-33(42)17-22-3-5-24(35)6-4-22/h3-9,12,18-20,23,41H,2,10-11,13-17,21H2,1H3,(H2,38,39,42,46). The van der Waals surface area contributed by atoms with Gasteiger partial charge in [0.05, 0.1) is 25.7 Å². The minimum absolute atomic E-state index is 0.00638. The number of methoxy groups -OCH3 is 1. The number of carbonyl (C=O) groups excluding carboxylic acids is 1. The van der Waals surface area contributed by atoms with E-state index in [1.165, 1.54) is 36.4 Å². The second kappa shape index (κ2) is 15.7. The average molecular weight is 651 g/mol. The highest BCUT2D eigenvalue weighted by Gasteiger charge is 2.18. The number of likely N-dealkylation sites (tertiary alicyclic amines) is 1. The first-order chi connectivity index (χ1) is 22.3. The van der Waals surface area contributed by atoms with Crippen molar-refractivity contribution in [3.8, 4) is 23.0 Å². The third-order valence-electron chi connectivity index (χ3n) is 7.77. The van der Waals surface area contributed by atoms with Gasteiger partial charge in [-0.1, -0.05) is 12.1 Å². The predicted octanol–water partition coefficient (Wildman–Crippen LogP) is 5.84. The van der Waals surface area contributed by atoms with Crippen LogP contribution in [0.5, 0.6) is 23.0 Å². The van der Waals surface area contributed by atoms with Crippen molar-refractivity contribution in [3.05, 3.63) is 84.1 Å². The molecule has 1 saturated heterocycles. The van der Waals surface area contributed by atoms with Crippen molar-refractivity contribution in [1.29, 1.82) is 0 Å². The minimum Gasteiger partial charge on any atom is -0.493 e. The summed E-state index contributed by atoms with van der Waals surface area (Å²) in [6.45, 7) is 3.66. The second-order valence-corrected chi connectivity index (χ2v) is 11.5. The highest BCUT2D eigenvalue weighted by molar-refractivity contribution is 7.80. The summed E-state index contributed by atoms with van der Waals surface area (Å²) in [6.07, 6.45) is 4.47. The molecule has 46 heavy (non-hydrogen) atoms. The molecule has 1 amide bonds. The van der Waals surface area contributed by atoms with E-state index < -0.39 is 11.7 Å². The lowest BCUT2D eigenvalue weighted by atomic mass is 9.98. The Labute approximate surface area is 271 Å². The number of nitrogens with zero attached hydrogens (tertiary/aromatic N) is 2. The number of thiocarbonyl (C=S) groups is 1. The van der Waals surface area contributed by atoms with Gasteiger partial charge in [-0.05, 0) is 92.4 Å². The molecule has 3 N–H and O–H groups in total. The first kappa shape index (κ1) is 33.0. The van der Waals surface area contributed by atoms with Crippen LogP contribution in [0.15, 0.2) is 66.9 Å².